The van der Waals surface area contributed by atoms with Gasteiger partial charge in [0, 0.05) is 25.4 Å². The van der Waals surface area contributed by atoms with Gasteiger partial charge in [0.1, 0.15) is 5.69 Å². The van der Waals surface area contributed by atoms with E-state index in [9.17, 15) is 14.4 Å². The van der Waals surface area contributed by atoms with E-state index in [-0.39, 0.29) is 30.5 Å². The van der Waals surface area contributed by atoms with E-state index in [1.807, 2.05) is 23.1 Å². The first-order valence-electron chi connectivity index (χ1n) is 8.15. The summed E-state index contributed by atoms with van der Waals surface area (Å²) in [5.41, 5.74) is 0.231. The molecule has 1 aliphatic rings. The molecule has 1 aromatic heterocycles. The molecule has 0 saturated carbocycles. The topological polar surface area (TPSA) is 98.9 Å². The minimum Gasteiger partial charge on any atom is -0.339 e. The van der Waals surface area contributed by atoms with Crippen molar-refractivity contribution in [3.05, 3.63) is 62.4 Å². The average molecular weight is 328 g/mol. The van der Waals surface area contributed by atoms with Gasteiger partial charge in [0.15, 0.2) is 0 Å². The number of hydrogen-bond donors (Lipinski definition) is 2. The van der Waals surface area contributed by atoms with Crippen LogP contribution in [-0.4, -0.2) is 38.6 Å². The number of aromatic amines is 2. The van der Waals surface area contributed by atoms with E-state index < -0.39 is 11.2 Å². The highest BCUT2D eigenvalue weighted by Crippen LogP contribution is 2.22. The molecule has 2 heterocycles. The van der Waals surface area contributed by atoms with Crippen LogP contribution in [0.1, 0.15) is 30.5 Å². The van der Waals surface area contributed by atoms with Gasteiger partial charge in [-0.05, 0) is 24.8 Å². The molecule has 1 aliphatic heterocycles. The molecule has 1 aromatic carbocycles. The lowest BCUT2D eigenvalue weighted by Gasteiger charge is -2.25. The third-order valence-electron chi connectivity index (χ3n) is 4.37. The van der Waals surface area contributed by atoms with E-state index in [4.69, 9.17) is 0 Å². The van der Waals surface area contributed by atoms with Crippen LogP contribution < -0.4 is 11.2 Å². The van der Waals surface area contributed by atoms with Gasteiger partial charge in [0.2, 0.25) is 5.91 Å². The molecule has 0 bridgehead atoms. The summed E-state index contributed by atoms with van der Waals surface area (Å²) in [6, 6.07) is 10.3. The van der Waals surface area contributed by atoms with Gasteiger partial charge in [0.05, 0.1) is 0 Å². The van der Waals surface area contributed by atoms with Gasteiger partial charge in [-0.15, -0.1) is 0 Å². The molecule has 1 unspecified atom stereocenters. The van der Waals surface area contributed by atoms with Crippen molar-refractivity contribution in [3.8, 4) is 0 Å². The Labute approximate surface area is 138 Å². The number of carbonyl (C=O) groups excluding carboxylic acids is 1. The molecule has 2 aromatic rings. The number of aromatic nitrogens is 3. The number of hydrogen-bond acceptors (Lipinski definition) is 4. The summed E-state index contributed by atoms with van der Waals surface area (Å²) in [6.45, 7) is 0.756. The van der Waals surface area contributed by atoms with Crippen molar-refractivity contribution in [3.63, 3.8) is 0 Å². The molecular formula is C17H20N4O3. The number of rotatable bonds is 5. The van der Waals surface area contributed by atoms with Crippen LogP contribution in [0.15, 0.2) is 39.9 Å². The smallest absolute Gasteiger partial charge is 0.339 e. The predicted molar refractivity (Wildman–Crippen MR) is 88.7 cm³/mol. The molecule has 126 valence electrons. The van der Waals surface area contributed by atoms with Crippen molar-refractivity contribution in [1.82, 2.24) is 20.1 Å². The Morgan fingerprint density at radius 1 is 1.25 bits per heavy atom. The molecule has 1 amide bonds. The summed E-state index contributed by atoms with van der Waals surface area (Å²) in [5, 5.41) is 5.90. The molecule has 24 heavy (non-hydrogen) atoms. The van der Waals surface area contributed by atoms with Crippen molar-refractivity contribution in [2.24, 2.45) is 0 Å². The molecule has 0 aliphatic carbocycles. The number of nitrogens with zero attached hydrogens (tertiary/aromatic N) is 2. The quantitative estimate of drug-likeness (QED) is 0.840. The monoisotopic (exact) mass is 328 g/mol. The van der Waals surface area contributed by atoms with Crippen LogP contribution in [0.25, 0.3) is 0 Å². The number of nitrogens with one attached hydrogen (secondary N) is 2. The first kappa shape index (κ1) is 16.2. The van der Waals surface area contributed by atoms with E-state index in [0.717, 1.165) is 25.8 Å². The highest BCUT2D eigenvalue weighted by Gasteiger charge is 2.28. The summed E-state index contributed by atoms with van der Waals surface area (Å²) in [7, 11) is 0. The van der Waals surface area contributed by atoms with Crippen LogP contribution in [0.2, 0.25) is 0 Å². The van der Waals surface area contributed by atoms with E-state index in [1.165, 1.54) is 5.56 Å². The second-order valence-electron chi connectivity index (χ2n) is 6.03. The lowest BCUT2D eigenvalue weighted by molar-refractivity contribution is -0.131. The second kappa shape index (κ2) is 7.25. The van der Waals surface area contributed by atoms with Crippen LogP contribution in [-0.2, 0) is 17.6 Å². The lowest BCUT2D eigenvalue weighted by atomic mass is 10.0. The van der Waals surface area contributed by atoms with Gasteiger partial charge < -0.3 is 4.90 Å². The van der Waals surface area contributed by atoms with E-state index in [0.29, 0.717) is 0 Å². The number of aryl methyl sites for hydroxylation is 1. The maximum absolute atomic E-state index is 12.5. The number of amides is 1. The van der Waals surface area contributed by atoms with Gasteiger partial charge in [0.25, 0.3) is 5.56 Å². The van der Waals surface area contributed by atoms with Crippen molar-refractivity contribution in [2.75, 3.05) is 6.54 Å². The predicted octanol–water partition coefficient (Wildman–Crippen LogP) is 0.625. The minimum atomic E-state index is -0.641. The molecule has 1 saturated heterocycles. The molecule has 7 heteroatoms. The van der Waals surface area contributed by atoms with Gasteiger partial charge in [-0.25, -0.2) is 9.89 Å². The first-order valence-corrected chi connectivity index (χ1v) is 8.15. The van der Waals surface area contributed by atoms with Gasteiger partial charge in [-0.2, -0.15) is 5.10 Å². The minimum absolute atomic E-state index is 0.0285. The third kappa shape index (κ3) is 3.79. The fourth-order valence-corrected chi connectivity index (χ4v) is 3.17. The molecule has 1 fully saturated rings. The highest BCUT2D eigenvalue weighted by molar-refractivity contribution is 5.77. The van der Waals surface area contributed by atoms with Gasteiger partial charge in [-0.3, -0.25) is 14.6 Å². The van der Waals surface area contributed by atoms with Crippen LogP contribution in [0.4, 0.5) is 0 Å². The van der Waals surface area contributed by atoms with Crippen LogP contribution >= 0.6 is 0 Å². The molecule has 0 radical (unpaired) electrons. The van der Waals surface area contributed by atoms with Crippen LogP contribution in [0.3, 0.4) is 0 Å². The molecular weight excluding hydrogens is 308 g/mol. The highest BCUT2D eigenvalue weighted by atomic mass is 16.2. The number of benzene rings is 1. The zero-order valence-corrected chi connectivity index (χ0v) is 13.3. The molecule has 2 N–H and O–H groups in total. The summed E-state index contributed by atoms with van der Waals surface area (Å²) in [5.74, 6) is 0.0285. The number of likely N-dealkylation sites (tertiary alicyclic amines) is 1. The Hall–Kier alpha value is -2.70. The SMILES string of the molecule is O=C(CCc1n[nH]c(=O)[nH]c1=O)N1CCCC1Cc1ccccc1. The van der Waals surface area contributed by atoms with Gasteiger partial charge in [-0.1, -0.05) is 30.3 Å². The van der Waals surface area contributed by atoms with Crippen LogP contribution in [0, 0.1) is 0 Å². The second-order valence-corrected chi connectivity index (χ2v) is 6.03. The Bertz CT molecular complexity index is 812. The maximum atomic E-state index is 12.5. The third-order valence-corrected chi connectivity index (χ3v) is 4.37. The van der Waals surface area contributed by atoms with Crippen LogP contribution in [0.5, 0.6) is 0 Å². The van der Waals surface area contributed by atoms with Crippen molar-refractivity contribution in [2.45, 2.75) is 38.1 Å². The summed E-state index contributed by atoms with van der Waals surface area (Å²) in [4.78, 5) is 39.1. The number of H-pyrrole nitrogens is 2. The first-order chi connectivity index (χ1) is 11.6. The summed E-state index contributed by atoms with van der Waals surface area (Å²) in [6.07, 6.45) is 3.29. The zero-order chi connectivity index (χ0) is 16.9. The Balaban J connectivity index is 1.61. The largest absolute Gasteiger partial charge is 0.342 e. The van der Waals surface area contributed by atoms with Gasteiger partial charge >= 0.3 is 5.69 Å². The number of carbonyl (C=O) groups is 1. The molecule has 7 nitrogen and oxygen atoms in total. The normalized spacial score (nSPS) is 17.2. The van der Waals surface area contributed by atoms with E-state index >= 15 is 0 Å². The molecule has 1 atom stereocenters. The standard InChI is InChI=1S/C17H20N4O3/c22-15(9-8-14-16(23)18-17(24)20-19-14)21-10-4-7-13(21)11-12-5-2-1-3-6-12/h1-3,5-6,13H,4,7-11H2,(H2,18,20,23,24). The van der Waals surface area contributed by atoms with Crippen molar-refractivity contribution in [1.29, 1.82) is 0 Å². The molecule has 0 spiro atoms. The average Bonchev–Trinajstić information content (AvgIpc) is 3.03. The Morgan fingerprint density at radius 3 is 2.79 bits per heavy atom. The van der Waals surface area contributed by atoms with Crippen molar-refractivity contribution < 1.29 is 4.79 Å². The fourth-order valence-electron chi connectivity index (χ4n) is 3.17. The lowest BCUT2D eigenvalue weighted by Crippen LogP contribution is -2.37. The van der Waals surface area contributed by atoms with Crippen molar-refractivity contribution >= 4 is 5.91 Å². The fraction of sp³-hybridized carbons (Fsp3) is 0.412. The summed E-state index contributed by atoms with van der Waals surface area (Å²) < 4.78 is 0. The van der Waals surface area contributed by atoms with E-state index in [2.05, 4.69) is 27.3 Å². The molecule has 3 rings (SSSR count). The maximum Gasteiger partial charge on any atom is 0.342 e. The van der Waals surface area contributed by atoms with E-state index in [1.54, 1.807) is 0 Å². The Kier molecular flexibility index (Phi) is 4.88. The zero-order valence-electron chi connectivity index (χ0n) is 13.3. The Morgan fingerprint density at radius 2 is 2.04 bits per heavy atom. The summed E-state index contributed by atoms with van der Waals surface area (Å²) >= 11 is 0.